The van der Waals surface area contributed by atoms with Crippen LogP contribution in [0.2, 0.25) is 0 Å². The van der Waals surface area contributed by atoms with Crippen LogP contribution in [0.5, 0.6) is 5.75 Å². The summed E-state index contributed by atoms with van der Waals surface area (Å²) in [6, 6.07) is 6.82. The van der Waals surface area contributed by atoms with Crippen LogP contribution in [0.25, 0.3) is 0 Å². The average molecular weight is 424 g/mol. The standard InChI is InChI=1S/C21H20N4O6/c1-4-31-20(28)12-9(2)22-17-14(16(12)26)13(10-5-7-11(30-3)8-6-10)15-18(23-17)24-21(29)25-19(15)27/h5-8,12-13H,4H2,1-3H3,(H3,23,24,25,27,29). The summed E-state index contributed by atoms with van der Waals surface area (Å²) >= 11 is 0. The minimum atomic E-state index is -1.20. The number of ether oxygens (including phenoxy) is 2. The number of Topliss-reactive ketones (excluding diaryl/α,β-unsaturated/α-hetero) is 1. The Morgan fingerprint density at radius 2 is 1.84 bits per heavy atom. The van der Waals surface area contributed by atoms with Crippen molar-refractivity contribution in [2.75, 3.05) is 19.0 Å². The zero-order valence-electron chi connectivity index (χ0n) is 17.1. The number of benzene rings is 1. The Balaban J connectivity index is 1.94. The molecule has 2 aliphatic heterocycles. The summed E-state index contributed by atoms with van der Waals surface area (Å²) < 4.78 is 10.3. The summed E-state index contributed by atoms with van der Waals surface area (Å²) in [5.41, 5.74) is -0.183. The number of anilines is 1. The van der Waals surface area contributed by atoms with E-state index in [1.165, 1.54) is 7.11 Å². The second kappa shape index (κ2) is 7.71. The van der Waals surface area contributed by atoms with Gasteiger partial charge in [0, 0.05) is 5.71 Å². The Morgan fingerprint density at radius 3 is 2.48 bits per heavy atom. The van der Waals surface area contributed by atoms with E-state index in [0.29, 0.717) is 11.3 Å². The molecule has 2 atom stereocenters. The molecule has 2 aromatic rings. The predicted octanol–water partition coefficient (Wildman–Crippen LogP) is 1.06. The lowest BCUT2D eigenvalue weighted by atomic mass is 9.76. The Hall–Kier alpha value is -3.95. The molecule has 10 nitrogen and oxygen atoms in total. The first-order valence-corrected chi connectivity index (χ1v) is 9.63. The van der Waals surface area contributed by atoms with Gasteiger partial charge in [-0.15, -0.1) is 0 Å². The number of allylic oxidation sites excluding steroid dienone is 1. The number of H-pyrrole nitrogens is 2. The number of nitrogens with zero attached hydrogens (tertiary/aromatic N) is 1. The lowest BCUT2D eigenvalue weighted by Crippen LogP contribution is -2.42. The first kappa shape index (κ1) is 20.3. The number of methoxy groups -OCH3 is 1. The van der Waals surface area contributed by atoms with Gasteiger partial charge in [0.05, 0.1) is 30.8 Å². The van der Waals surface area contributed by atoms with E-state index in [1.54, 1.807) is 38.1 Å². The molecule has 10 heteroatoms. The number of aromatic amines is 2. The molecule has 0 spiro atoms. The van der Waals surface area contributed by atoms with Gasteiger partial charge in [0.25, 0.3) is 5.56 Å². The molecule has 0 fully saturated rings. The highest BCUT2D eigenvalue weighted by Gasteiger charge is 2.45. The number of hydrogen-bond donors (Lipinski definition) is 3. The first-order valence-electron chi connectivity index (χ1n) is 9.63. The van der Waals surface area contributed by atoms with Crippen molar-refractivity contribution in [1.29, 1.82) is 0 Å². The topological polar surface area (TPSA) is 143 Å². The molecule has 0 bridgehead atoms. The van der Waals surface area contributed by atoms with Crippen molar-refractivity contribution >= 4 is 23.3 Å². The summed E-state index contributed by atoms with van der Waals surface area (Å²) in [5.74, 6) is -2.36. The SMILES string of the molecule is CCOC(=O)C1C(=O)C2=C(N=C1C)Nc1[nH]c(=O)[nH]c(=O)c1C2c1ccc(OC)cc1. The molecule has 2 unspecified atom stereocenters. The van der Waals surface area contributed by atoms with Gasteiger partial charge in [-0.05, 0) is 31.5 Å². The van der Waals surface area contributed by atoms with Crippen molar-refractivity contribution in [3.8, 4) is 5.75 Å². The summed E-state index contributed by atoms with van der Waals surface area (Å²) in [5, 5.41) is 2.87. The molecule has 0 amide bonds. The molecule has 0 saturated heterocycles. The smallest absolute Gasteiger partial charge is 0.327 e. The third kappa shape index (κ3) is 3.35. The fourth-order valence-corrected chi connectivity index (χ4v) is 3.90. The minimum Gasteiger partial charge on any atom is -0.497 e. The highest BCUT2D eigenvalue weighted by Crippen LogP contribution is 2.42. The molecule has 1 aromatic heterocycles. The normalized spacial score (nSPS) is 19.7. The van der Waals surface area contributed by atoms with Crippen molar-refractivity contribution in [2.24, 2.45) is 10.9 Å². The number of fused-ring (bicyclic) bond motifs is 1. The van der Waals surface area contributed by atoms with Gasteiger partial charge in [-0.2, -0.15) is 0 Å². The first-order chi connectivity index (χ1) is 14.8. The number of rotatable bonds is 4. The Kier molecular flexibility index (Phi) is 5.05. The van der Waals surface area contributed by atoms with Crippen LogP contribution >= 0.6 is 0 Å². The summed E-state index contributed by atoms with van der Waals surface area (Å²) in [7, 11) is 1.52. The molecule has 3 N–H and O–H groups in total. The van der Waals surface area contributed by atoms with Crippen molar-refractivity contribution in [3.05, 3.63) is 67.6 Å². The molecular weight excluding hydrogens is 404 g/mol. The molecule has 31 heavy (non-hydrogen) atoms. The van der Waals surface area contributed by atoms with E-state index in [1.807, 2.05) is 0 Å². The summed E-state index contributed by atoms with van der Waals surface area (Å²) in [6.45, 7) is 3.33. The monoisotopic (exact) mass is 424 g/mol. The fraction of sp³-hybridized carbons (Fsp3) is 0.286. The average Bonchev–Trinajstić information content (AvgIpc) is 2.72. The van der Waals surface area contributed by atoms with Gasteiger partial charge in [0.15, 0.2) is 11.7 Å². The molecular formula is C21H20N4O6. The third-order valence-corrected chi connectivity index (χ3v) is 5.26. The van der Waals surface area contributed by atoms with Gasteiger partial charge in [0.1, 0.15) is 17.4 Å². The van der Waals surface area contributed by atoms with Gasteiger partial charge >= 0.3 is 11.7 Å². The molecule has 4 rings (SSSR count). The zero-order chi connectivity index (χ0) is 22.3. The fourth-order valence-electron chi connectivity index (χ4n) is 3.90. The number of nitrogens with one attached hydrogen (secondary N) is 3. The van der Waals surface area contributed by atoms with E-state index in [2.05, 4.69) is 20.3 Å². The maximum absolute atomic E-state index is 13.5. The predicted molar refractivity (Wildman–Crippen MR) is 111 cm³/mol. The molecule has 3 heterocycles. The van der Waals surface area contributed by atoms with Crippen LogP contribution in [0, 0.1) is 5.92 Å². The van der Waals surface area contributed by atoms with Crippen LogP contribution in [0.4, 0.5) is 5.82 Å². The van der Waals surface area contributed by atoms with Crippen molar-refractivity contribution in [3.63, 3.8) is 0 Å². The van der Waals surface area contributed by atoms with Gasteiger partial charge in [-0.3, -0.25) is 24.4 Å². The van der Waals surface area contributed by atoms with E-state index in [0.717, 1.165) is 0 Å². The highest BCUT2D eigenvalue weighted by molar-refractivity contribution is 6.26. The van der Waals surface area contributed by atoms with Crippen molar-refractivity contribution in [2.45, 2.75) is 19.8 Å². The summed E-state index contributed by atoms with van der Waals surface area (Å²) in [6.07, 6.45) is 0. The van der Waals surface area contributed by atoms with Gasteiger partial charge in [-0.1, -0.05) is 12.1 Å². The minimum absolute atomic E-state index is 0.117. The molecule has 1 aromatic carbocycles. The number of esters is 1. The number of carbonyl (C=O) groups is 2. The maximum atomic E-state index is 13.5. The van der Waals surface area contributed by atoms with Crippen LogP contribution in [0.15, 0.2) is 50.2 Å². The number of carbonyl (C=O) groups excluding carboxylic acids is 2. The second-order valence-electron chi connectivity index (χ2n) is 7.09. The van der Waals surface area contributed by atoms with Crippen molar-refractivity contribution < 1.29 is 19.1 Å². The third-order valence-electron chi connectivity index (χ3n) is 5.26. The van der Waals surface area contributed by atoms with Crippen LogP contribution in [-0.2, 0) is 14.3 Å². The Morgan fingerprint density at radius 1 is 1.13 bits per heavy atom. The van der Waals surface area contributed by atoms with Crippen molar-refractivity contribution in [1.82, 2.24) is 9.97 Å². The number of aliphatic imine (C=N–C) groups is 1. The molecule has 160 valence electrons. The summed E-state index contributed by atoms with van der Waals surface area (Å²) in [4.78, 5) is 59.7. The lowest BCUT2D eigenvalue weighted by molar-refractivity contribution is -0.148. The van der Waals surface area contributed by atoms with Gasteiger partial charge in [-0.25, -0.2) is 9.79 Å². The quantitative estimate of drug-likeness (QED) is 0.492. The largest absolute Gasteiger partial charge is 0.497 e. The van der Waals surface area contributed by atoms with E-state index in [4.69, 9.17) is 9.47 Å². The molecule has 0 radical (unpaired) electrons. The molecule has 0 aliphatic carbocycles. The van der Waals surface area contributed by atoms with Crippen LogP contribution in [-0.4, -0.2) is 41.1 Å². The van der Waals surface area contributed by atoms with Gasteiger partial charge < -0.3 is 14.8 Å². The highest BCUT2D eigenvalue weighted by atomic mass is 16.5. The van der Waals surface area contributed by atoms with Gasteiger partial charge in [0.2, 0.25) is 0 Å². The molecule has 2 aliphatic rings. The zero-order valence-corrected chi connectivity index (χ0v) is 17.1. The lowest BCUT2D eigenvalue weighted by Gasteiger charge is -2.33. The van der Waals surface area contributed by atoms with E-state index in [-0.39, 0.29) is 35.1 Å². The molecule has 0 saturated carbocycles. The maximum Gasteiger partial charge on any atom is 0.327 e. The van der Waals surface area contributed by atoms with E-state index >= 15 is 0 Å². The van der Waals surface area contributed by atoms with E-state index < -0.39 is 34.8 Å². The second-order valence-corrected chi connectivity index (χ2v) is 7.09. The number of hydrogen-bond acceptors (Lipinski definition) is 8. The number of aromatic nitrogens is 2. The Bertz CT molecular complexity index is 1250. The van der Waals surface area contributed by atoms with E-state index in [9.17, 15) is 19.2 Å². The van der Waals surface area contributed by atoms with Crippen LogP contribution in [0.1, 0.15) is 30.9 Å². The number of ketones is 1. The van der Waals surface area contributed by atoms with Crippen LogP contribution in [0.3, 0.4) is 0 Å². The Labute approximate surface area is 176 Å². The van der Waals surface area contributed by atoms with Crippen LogP contribution < -0.4 is 21.3 Å².